The van der Waals surface area contributed by atoms with Gasteiger partial charge in [-0.1, -0.05) is 27.7 Å². The van der Waals surface area contributed by atoms with Crippen molar-refractivity contribution in [2.24, 2.45) is 17.3 Å². The van der Waals surface area contributed by atoms with Crippen LogP contribution in [0.4, 0.5) is 0 Å². The Morgan fingerprint density at radius 2 is 1.79 bits per heavy atom. The number of rotatable bonds is 6. The summed E-state index contributed by atoms with van der Waals surface area (Å²) in [4.78, 5) is 11.4. The smallest absolute Gasteiger partial charge is 0.152 e. The molecule has 0 bridgehead atoms. The normalized spacial score (nSPS) is 15.9. The Balaban J connectivity index is 4.08. The van der Waals surface area contributed by atoms with E-state index in [0.717, 1.165) is 6.42 Å². The fourth-order valence-electron chi connectivity index (χ4n) is 1.00. The van der Waals surface area contributed by atoms with Crippen molar-refractivity contribution in [1.82, 2.24) is 0 Å². The molecular weight excluding hydrogens is 197 g/mol. The molecule has 0 aliphatic rings. The molecule has 1 atom stereocenters. The first-order valence-electron chi connectivity index (χ1n) is 5.14. The lowest BCUT2D eigenvalue weighted by Crippen LogP contribution is -2.17. The van der Waals surface area contributed by atoms with Gasteiger partial charge in [-0.15, -0.1) is 0 Å². The lowest BCUT2D eigenvalue weighted by atomic mass is 10.1. The van der Waals surface area contributed by atoms with Gasteiger partial charge in [0.2, 0.25) is 0 Å². The van der Waals surface area contributed by atoms with Gasteiger partial charge >= 0.3 is 0 Å². The number of nitrogens with two attached hydrogens (primary N) is 1. The van der Waals surface area contributed by atoms with Gasteiger partial charge < -0.3 is 4.57 Å². The van der Waals surface area contributed by atoms with Crippen LogP contribution in [0.5, 0.6) is 0 Å². The Hall–Kier alpha value is -0.140. The van der Waals surface area contributed by atoms with Crippen molar-refractivity contribution in [1.29, 1.82) is 0 Å². The zero-order chi connectivity index (χ0) is 11.4. The van der Waals surface area contributed by atoms with Gasteiger partial charge in [0.1, 0.15) is 5.78 Å². The second-order valence-corrected chi connectivity index (χ2v) is 7.31. The molecule has 0 rings (SSSR count). The lowest BCUT2D eigenvalue weighted by molar-refractivity contribution is -0.119. The number of Topliss-reactive ketones (excluding diaryl/α,β-unsaturated/α-hetero) is 1. The van der Waals surface area contributed by atoms with Crippen LogP contribution in [0.15, 0.2) is 0 Å². The van der Waals surface area contributed by atoms with Gasteiger partial charge in [0.15, 0.2) is 7.29 Å². The molecule has 0 radical (unpaired) electrons. The molecule has 3 nitrogen and oxygen atoms in total. The van der Waals surface area contributed by atoms with Crippen LogP contribution < -0.4 is 5.50 Å². The number of hydrogen-bond donors (Lipinski definition) is 1. The molecule has 2 N–H and O–H groups in total. The van der Waals surface area contributed by atoms with Crippen molar-refractivity contribution in [3.63, 3.8) is 0 Å². The minimum absolute atomic E-state index is 0.0135. The predicted molar refractivity (Wildman–Crippen MR) is 60.8 cm³/mol. The highest BCUT2D eigenvalue weighted by Crippen LogP contribution is 2.38. The van der Waals surface area contributed by atoms with Crippen LogP contribution in [-0.4, -0.2) is 18.1 Å². The molecule has 14 heavy (non-hydrogen) atoms. The molecule has 0 amide bonds. The maximum absolute atomic E-state index is 11.8. The Morgan fingerprint density at radius 3 is 2.14 bits per heavy atom. The minimum Gasteiger partial charge on any atom is -0.307 e. The van der Waals surface area contributed by atoms with E-state index in [1.54, 1.807) is 0 Å². The second-order valence-electron chi connectivity index (χ2n) is 4.64. The van der Waals surface area contributed by atoms with E-state index in [0.29, 0.717) is 12.1 Å². The molecule has 0 heterocycles. The number of carbonyl (C=O) groups excluding carboxylic acids is 1. The van der Waals surface area contributed by atoms with Gasteiger partial charge in [0, 0.05) is 12.1 Å². The minimum atomic E-state index is -2.71. The third-order valence-electron chi connectivity index (χ3n) is 2.15. The third kappa shape index (κ3) is 6.33. The predicted octanol–water partition coefficient (Wildman–Crippen LogP) is 2.49. The molecule has 0 aliphatic heterocycles. The van der Waals surface area contributed by atoms with E-state index in [-0.39, 0.29) is 17.9 Å². The van der Waals surface area contributed by atoms with Crippen molar-refractivity contribution in [2.45, 2.75) is 34.1 Å². The molecule has 0 aliphatic carbocycles. The largest absolute Gasteiger partial charge is 0.307 e. The van der Waals surface area contributed by atoms with Gasteiger partial charge in [0.25, 0.3) is 0 Å². The molecule has 0 aromatic heterocycles. The third-order valence-corrected chi connectivity index (χ3v) is 4.01. The Labute approximate surface area is 86.9 Å². The van der Waals surface area contributed by atoms with Crippen LogP contribution in [0, 0.1) is 11.8 Å². The molecule has 84 valence electrons. The number of carbonyl (C=O) groups is 1. The van der Waals surface area contributed by atoms with Gasteiger partial charge in [-0.05, 0) is 12.3 Å². The summed E-state index contributed by atoms with van der Waals surface area (Å²) in [7, 11) is -2.71. The maximum Gasteiger partial charge on any atom is 0.152 e. The lowest BCUT2D eigenvalue weighted by Gasteiger charge is -2.14. The monoisotopic (exact) mass is 219 g/mol. The second kappa shape index (κ2) is 5.67. The molecule has 0 spiro atoms. The highest BCUT2D eigenvalue weighted by molar-refractivity contribution is 7.62. The van der Waals surface area contributed by atoms with Crippen molar-refractivity contribution >= 4 is 13.1 Å². The van der Waals surface area contributed by atoms with Gasteiger partial charge in [-0.3, -0.25) is 10.3 Å². The van der Waals surface area contributed by atoms with E-state index >= 15 is 0 Å². The van der Waals surface area contributed by atoms with Crippen LogP contribution in [-0.2, 0) is 9.36 Å². The van der Waals surface area contributed by atoms with Gasteiger partial charge in [-0.2, -0.15) is 0 Å². The Bertz CT molecular complexity index is 236. The summed E-state index contributed by atoms with van der Waals surface area (Å²) in [6, 6.07) is 0. The molecule has 0 aromatic carbocycles. The van der Waals surface area contributed by atoms with Crippen LogP contribution in [0.1, 0.15) is 34.1 Å². The molecule has 0 saturated carbocycles. The van der Waals surface area contributed by atoms with Crippen molar-refractivity contribution in [3.8, 4) is 0 Å². The fourth-order valence-corrected chi connectivity index (χ4v) is 3.01. The standard InChI is InChI=1S/C10H22NO2P/c1-8(2)5-6-14(11,13)7-10(12)9(3)4/h8-9H,5-7H2,1-4H3,(H2,11,13). The quantitative estimate of drug-likeness (QED) is 0.698. The van der Waals surface area contributed by atoms with Crippen LogP contribution >= 0.6 is 7.29 Å². The molecule has 4 heteroatoms. The highest BCUT2D eigenvalue weighted by Gasteiger charge is 2.22. The van der Waals surface area contributed by atoms with E-state index in [1.165, 1.54) is 0 Å². The summed E-state index contributed by atoms with van der Waals surface area (Å²) in [5, 5.41) is 0. The average molecular weight is 219 g/mol. The van der Waals surface area contributed by atoms with E-state index in [9.17, 15) is 9.36 Å². The summed E-state index contributed by atoms with van der Waals surface area (Å²) < 4.78 is 11.8. The van der Waals surface area contributed by atoms with E-state index in [2.05, 4.69) is 13.8 Å². The first kappa shape index (κ1) is 13.9. The highest BCUT2D eigenvalue weighted by atomic mass is 31.2. The Kier molecular flexibility index (Phi) is 5.61. The van der Waals surface area contributed by atoms with Crippen LogP contribution in [0.3, 0.4) is 0 Å². The summed E-state index contributed by atoms with van der Waals surface area (Å²) >= 11 is 0. The summed E-state index contributed by atoms with van der Waals surface area (Å²) in [6.07, 6.45) is 1.39. The summed E-state index contributed by atoms with van der Waals surface area (Å²) in [5.74, 6) is 0.437. The van der Waals surface area contributed by atoms with E-state index in [4.69, 9.17) is 5.50 Å². The molecular formula is C10H22NO2P. The van der Waals surface area contributed by atoms with E-state index < -0.39 is 7.29 Å². The zero-order valence-corrected chi connectivity index (χ0v) is 10.5. The average Bonchev–Trinajstić information content (AvgIpc) is 2.00. The van der Waals surface area contributed by atoms with Crippen molar-refractivity contribution < 1.29 is 9.36 Å². The van der Waals surface area contributed by atoms with Gasteiger partial charge in [0.05, 0.1) is 6.16 Å². The van der Waals surface area contributed by atoms with Crippen molar-refractivity contribution in [3.05, 3.63) is 0 Å². The topological polar surface area (TPSA) is 60.2 Å². The fraction of sp³-hybridized carbons (Fsp3) is 0.900. The zero-order valence-electron chi connectivity index (χ0n) is 9.62. The van der Waals surface area contributed by atoms with Crippen molar-refractivity contribution in [2.75, 3.05) is 12.3 Å². The SMILES string of the molecule is CC(C)CCP(N)(=O)CC(=O)C(C)C. The molecule has 0 saturated heterocycles. The summed E-state index contributed by atoms with van der Waals surface area (Å²) in [6.45, 7) is 7.74. The van der Waals surface area contributed by atoms with E-state index in [1.807, 2.05) is 13.8 Å². The molecule has 0 fully saturated rings. The first-order chi connectivity index (χ1) is 6.24. The molecule has 0 aromatic rings. The van der Waals surface area contributed by atoms with Gasteiger partial charge in [-0.25, -0.2) is 0 Å². The number of hydrogen-bond acceptors (Lipinski definition) is 2. The van der Waals surface area contributed by atoms with Crippen LogP contribution in [0.25, 0.3) is 0 Å². The Morgan fingerprint density at radius 1 is 1.29 bits per heavy atom. The van der Waals surface area contributed by atoms with Crippen LogP contribution in [0.2, 0.25) is 0 Å². The summed E-state index contributed by atoms with van der Waals surface area (Å²) in [5.41, 5.74) is 5.64. The number of ketones is 1. The first-order valence-corrected chi connectivity index (χ1v) is 7.28. The maximum atomic E-state index is 11.8. The molecule has 1 unspecified atom stereocenters.